The van der Waals surface area contributed by atoms with E-state index >= 15 is 0 Å². The molecule has 2 fully saturated rings. The fourth-order valence-electron chi connectivity index (χ4n) is 3.89. The number of aryl methyl sites for hydroxylation is 1. The number of nitrogens with zero attached hydrogens (tertiary/aromatic N) is 3. The predicted octanol–water partition coefficient (Wildman–Crippen LogP) is 1.12. The third-order valence-electron chi connectivity index (χ3n) is 5.50. The Hall–Kier alpha value is -2.54. The number of rotatable bonds is 2. The molecule has 2 amide bonds. The number of hydrogen-bond donors (Lipinski definition) is 0. The van der Waals surface area contributed by atoms with E-state index in [1.54, 1.807) is 24.0 Å². The van der Waals surface area contributed by atoms with Crippen molar-refractivity contribution >= 4 is 22.7 Å². The van der Waals surface area contributed by atoms with Gasteiger partial charge in [-0.05, 0) is 24.3 Å². The van der Waals surface area contributed by atoms with E-state index in [0.717, 1.165) is 16.7 Å². The first-order valence-electron chi connectivity index (χ1n) is 8.76. The molecule has 138 valence electrons. The van der Waals surface area contributed by atoms with E-state index in [2.05, 4.69) is 0 Å². The van der Waals surface area contributed by atoms with Gasteiger partial charge in [-0.1, -0.05) is 0 Å². The van der Waals surface area contributed by atoms with Crippen molar-refractivity contribution in [3.05, 3.63) is 30.0 Å². The molecule has 1 aromatic heterocycles. The summed E-state index contributed by atoms with van der Waals surface area (Å²) in [5.74, 6) is 0.467. The fraction of sp³-hybridized carbons (Fsp3) is 0.474. The van der Waals surface area contributed by atoms with Crippen molar-refractivity contribution < 1.29 is 19.1 Å². The van der Waals surface area contributed by atoms with Gasteiger partial charge in [-0.3, -0.25) is 9.59 Å². The molecule has 2 saturated heterocycles. The van der Waals surface area contributed by atoms with Gasteiger partial charge >= 0.3 is 0 Å². The number of methoxy groups -OCH3 is 1. The van der Waals surface area contributed by atoms with Crippen LogP contribution in [-0.4, -0.2) is 72.7 Å². The Bertz CT molecular complexity index is 875. The lowest BCUT2D eigenvalue weighted by atomic mass is 10.1. The third kappa shape index (κ3) is 2.63. The van der Waals surface area contributed by atoms with Crippen molar-refractivity contribution in [2.75, 3.05) is 40.5 Å². The van der Waals surface area contributed by atoms with Crippen LogP contribution in [0.25, 0.3) is 10.9 Å². The van der Waals surface area contributed by atoms with Crippen molar-refractivity contribution in [2.24, 2.45) is 13.0 Å². The van der Waals surface area contributed by atoms with E-state index in [-0.39, 0.29) is 23.8 Å². The molecule has 0 spiro atoms. The first kappa shape index (κ1) is 16.9. The smallest absolute Gasteiger partial charge is 0.270 e. The normalized spacial score (nSPS) is 23.3. The molecule has 2 atom stereocenters. The maximum Gasteiger partial charge on any atom is 0.270 e. The zero-order valence-corrected chi connectivity index (χ0v) is 15.3. The molecule has 0 unspecified atom stereocenters. The molecule has 1 aromatic carbocycles. The van der Waals surface area contributed by atoms with Gasteiger partial charge in [-0.15, -0.1) is 0 Å². The Kier molecular flexibility index (Phi) is 4.11. The minimum absolute atomic E-state index is 0.0531. The standard InChI is InChI=1S/C19H23N3O4/c1-20-14-9-22(8-13(18(20)23)10-26-11-14)19(24)17-7-12-6-15(25-3)4-5-16(12)21(17)2/h4-7,13-14H,8-11H2,1-3H3/t13-,14+/m1/s1. The van der Waals surface area contributed by atoms with Gasteiger partial charge < -0.3 is 23.8 Å². The van der Waals surface area contributed by atoms with Crippen LogP contribution in [0.3, 0.4) is 0 Å². The van der Waals surface area contributed by atoms with E-state index in [4.69, 9.17) is 9.47 Å². The number of ether oxygens (including phenoxy) is 2. The van der Waals surface area contributed by atoms with Crippen LogP contribution in [-0.2, 0) is 16.6 Å². The summed E-state index contributed by atoms with van der Waals surface area (Å²) < 4.78 is 12.8. The first-order valence-corrected chi connectivity index (χ1v) is 8.76. The first-order chi connectivity index (χ1) is 12.5. The lowest BCUT2D eigenvalue weighted by molar-refractivity contribution is -0.133. The Morgan fingerprint density at radius 1 is 1.19 bits per heavy atom. The molecule has 26 heavy (non-hydrogen) atoms. The average molecular weight is 357 g/mol. The summed E-state index contributed by atoms with van der Waals surface area (Å²) in [5, 5.41) is 0.960. The number of amides is 2. The minimum Gasteiger partial charge on any atom is -0.497 e. The summed E-state index contributed by atoms with van der Waals surface area (Å²) in [4.78, 5) is 29.3. The number of carbonyl (C=O) groups is 2. The highest BCUT2D eigenvalue weighted by atomic mass is 16.5. The van der Waals surface area contributed by atoms with Gasteiger partial charge in [0.15, 0.2) is 0 Å². The second kappa shape index (κ2) is 6.32. The summed E-state index contributed by atoms with van der Waals surface area (Å²) in [7, 11) is 5.31. The van der Waals surface area contributed by atoms with Crippen LogP contribution in [0, 0.1) is 5.92 Å². The summed E-state index contributed by atoms with van der Waals surface area (Å²) in [6, 6.07) is 7.55. The molecule has 3 heterocycles. The molecule has 2 bridgehead atoms. The highest BCUT2D eigenvalue weighted by Gasteiger charge is 2.39. The van der Waals surface area contributed by atoms with Crippen LogP contribution < -0.4 is 4.74 Å². The second-order valence-electron chi connectivity index (χ2n) is 7.06. The molecule has 7 heteroatoms. The van der Waals surface area contributed by atoms with E-state index in [1.807, 2.05) is 35.9 Å². The van der Waals surface area contributed by atoms with Crippen LogP contribution >= 0.6 is 0 Å². The lowest BCUT2D eigenvalue weighted by Gasteiger charge is -2.29. The summed E-state index contributed by atoms with van der Waals surface area (Å²) in [5.41, 5.74) is 1.59. The number of carbonyl (C=O) groups excluding carboxylic acids is 2. The van der Waals surface area contributed by atoms with E-state index in [1.165, 1.54) is 0 Å². The maximum atomic E-state index is 13.2. The molecular weight excluding hydrogens is 334 g/mol. The molecule has 7 nitrogen and oxygen atoms in total. The maximum absolute atomic E-state index is 13.2. The molecule has 2 aliphatic rings. The molecule has 2 aromatic rings. The number of benzene rings is 1. The molecule has 0 N–H and O–H groups in total. The highest BCUT2D eigenvalue weighted by Crippen LogP contribution is 2.26. The SMILES string of the molecule is COc1ccc2c(c1)cc(C(=O)N1C[C@@H]3COC[C@H](C1)N(C)C3=O)n2C. The number of aromatic nitrogens is 1. The van der Waals surface area contributed by atoms with E-state index in [0.29, 0.717) is 32.0 Å². The molecule has 4 rings (SSSR count). The summed E-state index contributed by atoms with van der Waals surface area (Å²) in [6.45, 7) is 1.72. The van der Waals surface area contributed by atoms with Gasteiger partial charge in [0, 0.05) is 38.1 Å². The monoisotopic (exact) mass is 357 g/mol. The van der Waals surface area contributed by atoms with Gasteiger partial charge in [0.05, 0.1) is 32.3 Å². The Balaban J connectivity index is 1.68. The highest BCUT2D eigenvalue weighted by molar-refractivity contribution is 5.99. The molecular formula is C19H23N3O4. The van der Waals surface area contributed by atoms with Crippen LogP contribution in [0.2, 0.25) is 0 Å². The molecule has 0 aliphatic carbocycles. The zero-order chi connectivity index (χ0) is 18.4. The topological polar surface area (TPSA) is 64.0 Å². The zero-order valence-electron chi connectivity index (χ0n) is 15.3. The molecule has 2 aliphatic heterocycles. The number of fused-ring (bicyclic) bond motifs is 4. The molecule has 0 radical (unpaired) electrons. The van der Waals surface area contributed by atoms with Crippen LogP contribution in [0.15, 0.2) is 24.3 Å². The van der Waals surface area contributed by atoms with Crippen molar-refractivity contribution in [3.63, 3.8) is 0 Å². The van der Waals surface area contributed by atoms with Gasteiger partial charge in [0.25, 0.3) is 5.91 Å². The quantitative estimate of drug-likeness (QED) is 0.808. The fourth-order valence-corrected chi connectivity index (χ4v) is 3.89. The average Bonchev–Trinajstić information content (AvgIpc) is 2.83. The van der Waals surface area contributed by atoms with Gasteiger partial charge in [0.2, 0.25) is 5.91 Å². The summed E-state index contributed by atoms with van der Waals surface area (Å²) in [6.07, 6.45) is 0. The van der Waals surface area contributed by atoms with Crippen LogP contribution in [0.5, 0.6) is 5.75 Å². The van der Waals surface area contributed by atoms with E-state index in [9.17, 15) is 9.59 Å². The molecule has 0 saturated carbocycles. The van der Waals surface area contributed by atoms with E-state index < -0.39 is 0 Å². The minimum atomic E-state index is -0.300. The van der Waals surface area contributed by atoms with Crippen molar-refractivity contribution in [1.29, 1.82) is 0 Å². The largest absolute Gasteiger partial charge is 0.497 e. The number of likely N-dealkylation sites (N-methyl/N-ethyl adjacent to an activating group) is 1. The predicted molar refractivity (Wildman–Crippen MR) is 96.2 cm³/mol. The Morgan fingerprint density at radius 3 is 2.77 bits per heavy atom. The van der Waals surface area contributed by atoms with Crippen LogP contribution in [0.1, 0.15) is 10.5 Å². The van der Waals surface area contributed by atoms with Gasteiger partial charge in [-0.2, -0.15) is 0 Å². The number of hydrogen-bond acceptors (Lipinski definition) is 4. The summed E-state index contributed by atoms with van der Waals surface area (Å²) >= 11 is 0. The Morgan fingerprint density at radius 2 is 2.00 bits per heavy atom. The van der Waals surface area contributed by atoms with Crippen LogP contribution in [0.4, 0.5) is 0 Å². The van der Waals surface area contributed by atoms with Gasteiger partial charge in [0.1, 0.15) is 11.4 Å². The Labute approximate surface area is 152 Å². The van der Waals surface area contributed by atoms with Gasteiger partial charge in [-0.25, -0.2) is 0 Å². The second-order valence-corrected chi connectivity index (χ2v) is 7.06. The van der Waals surface area contributed by atoms with Crippen molar-refractivity contribution in [3.8, 4) is 5.75 Å². The van der Waals surface area contributed by atoms with Crippen molar-refractivity contribution in [2.45, 2.75) is 6.04 Å². The lowest BCUT2D eigenvalue weighted by Crippen LogP contribution is -2.45. The van der Waals surface area contributed by atoms with Crippen molar-refractivity contribution in [1.82, 2.24) is 14.4 Å². The third-order valence-corrected chi connectivity index (χ3v) is 5.50.